The summed E-state index contributed by atoms with van der Waals surface area (Å²) >= 11 is 0. The molecule has 0 fully saturated rings. The van der Waals surface area contributed by atoms with Crippen molar-refractivity contribution in [2.45, 2.75) is 32.6 Å². The lowest BCUT2D eigenvalue weighted by molar-refractivity contribution is 0.545. The minimum absolute atomic E-state index is 0.0538. The van der Waals surface area contributed by atoms with Gasteiger partial charge in [0.25, 0.3) is 5.78 Å². The first kappa shape index (κ1) is 11.0. The summed E-state index contributed by atoms with van der Waals surface area (Å²) in [7, 11) is 0. The summed E-state index contributed by atoms with van der Waals surface area (Å²) in [5, 5.41) is 4.43. The predicted octanol–water partition coefficient (Wildman–Crippen LogP) is 0.923. The van der Waals surface area contributed by atoms with Crippen molar-refractivity contribution in [2.75, 3.05) is 6.54 Å². The van der Waals surface area contributed by atoms with Crippen molar-refractivity contribution in [3.05, 3.63) is 23.8 Å². The van der Waals surface area contributed by atoms with Crippen LogP contribution in [0.15, 0.2) is 12.4 Å². The Balaban J connectivity index is 2.46. The molecule has 0 aliphatic rings. The van der Waals surface area contributed by atoms with Crippen LogP contribution in [0.2, 0.25) is 0 Å². The highest BCUT2D eigenvalue weighted by molar-refractivity contribution is 5.29. The lowest BCUT2D eigenvalue weighted by atomic mass is 9.96. The molecule has 0 atom stereocenters. The van der Waals surface area contributed by atoms with Crippen LogP contribution in [0.25, 0.3) is 5.78 Å². The molecule has 0 radical (unpaired) electrons. The third kappa shape index (κ3) is 2.04. The number of aromatic nitrogens is 4. The molecule has 2 aromatic heterocycles. The quantitative estimate of drug-likeness (QED) is 0.815. The molecule has 0 aliphatic heterocycles. The standard InChI is InChI=1S/C11H17N5/c1-11(2,3)9-14-10-13-6-8(4-5-12)7-16(10)15-9/h6-7H,4-5,12H2,1-3H3. The van der Waals surface area contributed by atoms with Crippen LogP contribution < -0.4 is 5.73 Å². The molecular weight excluding hydrogens is 202 g/mol. The Labute approximate surface area is 94.7 Å². The van der Waals surface area contributed by atoms with Crippen LogP contribution in [0.1, 0.15) is 32.2 Å². The fourth-order valence-electron chi connectivity index (χ4n) is 1.43. The fourth-order valence-corrected chi connectivity index (χ4v) is 1.43. The number of rotatable bonds is 2. The maximum atomic E-state index is 5.51. The third-order valence-corrected chi connectivity index (χ3v) is 2.35. The molecule has 0 bridgehead atoms. The normalized spacial score (nSPS) is 12.2. The second kappa shape index (κ2) is 3.83. The molecule has 5 heteroatoms. The van der Waals surface area contributed by atoms with Gasteiger partial charge in [0, 0.05) is 17.8 Å². The van der Waals surface area contributed by atoms with Gasteiger partial charge in [-0.1, -0.05) is 20.8 Å². The Morgan fingerprint density at radius 2 is 2.12 bits per heavy atom. The van der Waals surface area contributed by atoms with Crippen LogP contribution in [-0.2, 0) is 11.8 Å². The number of fused-ring (bicyclic) bond motifs is 1. The van der Waals surface area contributed by atoms with E-state index in [2.05, 4.69) is 35.8 Å². The maximum absolute atomic E-state index is 5.51. The molecule has 86 valence electrons. The number of hydrogen-bond acceptors (Lipinski definition) is 4. The maximum Gasteiger partial charge on any atom is 0.252 e. The van der Waals surface area contributed by atoms with Gasteiger partial charge >= 0.3 is 0 Å². The van der Waals surface area contributed by atoms with E-state index in [0.29, 0.717) is 12.3 Å². The zero-order valence-corrected chi connectivity index (χ0v) is 9.94. The number of nitrogens with zero attached hydrogens (tertiary/aromatic N) is 4. The van der Waals surface area contributed by atoms with Crippen molar-refractivity contribution < 1.29 is 0 Å². The van der Waals surface area contributed by atoms with E-state index in [9.17, 15) is 0 Å². The van der Waals surface area contributed by atoms with Gasteiger partial charge in [-0.3, -0.25) is 0 Å². The topological polar surface area (TPSA) is 69.1 Å². The molecule has 2 N–H and O–H groups in total. The summed E-state index contributed by atoms with van der Waals surface area (Å²) in [6.07, 6.45) is 4.56. The van der Waals surface area contributed by atoms with Gasteiger partial charge in [0.05, 0.1) is 0 Å². The average Bonchev–Trinajstić information content (AvgIpc) is 2.60. The highest BCUT2D eigenvalue weighted by atomic mass is 15.3. The molecule has 0 spiro atoms. The van der Waals surface area contributed by atoms with Gasteiger partial charge in [0.1, 0.15) is 0 Å². The largest absolute Gasteiger partial charge is 0.330 e. The Morgan fingerprint density at radius 3 is 2.75 bits per heavy atom. The van der Waals surface area contributed by atoms with Gasteiger partial charge in [-0.2, -0.15) is 4.98 Å². The molecule has 16 heavy (non-hydrogen) atoms. The molecule has 5 nitrogen and oxygen atoms in total. The van der Waals surface area contributed by atoms with E-state index in [1.54, 1.807) is 4.52 Å². The Hall–Kier alpha value is -1.49. The van der Waals surface area contributed by atoms with Crippen LogP contribution in [0.4, 0.5) is 0 Å². The lowest BCUT2D eigenvalue weighted by Gasteiger charge is -2.11. The van der Waals surface area contributed by atoms with E-state index >= 15 is 0 Å². The lowest BCUT2D eigenvalue weighted by Crippen LogP contribution is -2.13. The molecule has 2 aromatic rings. The molecule has 0 amide bonds. The second-order valence-electron chi connectivity index (χ2n) is 4.93. The molecule has 2 heterocycles. The molecule has 0 saturated heterocycles. The van der Waals surface area contributed by atoms with Gasteiger partial charge in [0.2, 0.25) is 0 Å². The van der Waals surface area contributed by atoms with Crippen molar-refractivity contribution in [1.29, 1.82) is 0 Å². The predicted molar refractivity (Wildman–Crippen MR) is 62.2 cm³/mol. The van der Waals surface area contributed by atoms with Gasteiger partial charge < -0.3 is 5.73 Å². The summed E-state index contributed by atoms with van der Waals surface area (Å²) in [6, 6.07) is 0. The van der Waals surface area contributed by atoms with Crippen LogP contribution in [0.5, 0.6) is 0 Å². The third-order valence-electron chi connectivity index (χ3n) is 2.35. The van der Waals surface area contributed by atoms with E-state index in [-0.39, 0.29) is 5.41 Å². The van der Waals surface area contributed by atoms with E-state index in [1.807, 2.05) is 12.4 Å². The summed E-state index contributed by atoms with van der Waals surface area (Å²) in [5.74, 6) is 1.45. The van der Waals surface area contributed by atoms with Gasteiger partial charge in [-0.15, -0.1) is 5.10 Å². The first-order valence-corrected chi connectivity index (χ1v) is 5.42. The van der Waals surface area contributed by atoms with Crippen LogP contribution in [0, 0.1) is 0 Å². The first-order valence-electron chi connectivity index (χ1n) is 5.42. The van der Waals surface area contributed by atoms with Crippen molar-refractivity contribution in [3.63, 3.8) is 0 Å². The van der Waals surface area contributed by atoms with Gasteiger partial charge in [0.15, 0.2) is 5.82 Å². The van der Waals surface area contributed by atoms with Gasteiger partial charge in [-0.05, 0) is 18.5 Å². The Morgan fingerprint density at radius 1 is 1.38 bits per heavy atom. The molecule has 0 saturated carbocycles. The number of hydrogen-bond donors (Lipinski definition) is 1. The highest BCUT2D eigenvalue weighted by Gasteiger charge is 2.19. The molecule has 0 aromatic carbocycles. The summed E-state index contributed by atoms with van der Waals surface area (Å²) in [4.78, 5) is 8.66. The van der Waals surface area contributed by atoms with E-state index in [0.717, 1.165) is 17.8 Å². The number of nitrogens with two attached hydrogens (primary N) is 1. The Bertz CT molecular complexity index is 495. The van der Waals surface area contributed by atoms with E-state index < -0.39 is 0 Å². The SMILES string of the molecule is CC(C)(C)c1nc2ncc(CCN)cn2n1. The van der Waals surface area contributed by atoms with Crippen molar-refractivity contribution in [2.24, 2.45) is 5.73 Å². The molecule has 2 rings (SSSR count). The second-order valence-corrected chi connectivity index (χ2v) is 4.93. The molecular formula is C11H17N5. The molecule has 0 unspecified atom stereocenters. The van der Waals surface area contributed by atoms with Crippen LogP contribution >= 0.6 is 0 Å². The van der Waals surface area contributed by atoms with Gasteiger partial charge in [-0.25, -0.2) is 9.50 Å². The van der Waals surface area contributed by atoms with Crippen LogP contribution in [0.3, 0.4) is 0 Å². The minimum Gasteiger partial charge on any atom is -0.330 e. The molecule has 0 aliphatic carbocycles. The average molecular weight is 219 g/mol. The highest BCUT2D eigenvalue weighted by Crippen LogP contribution is 2.18. The van der Waals surface area contributed by atoms with Crippen molar-refractivity contribution >= 4 is 5.78 Å². The minimum atomic E-state index is -0.0538. The summed E-state index contributed by atoms with van der Waals surface area (Å²) in [5.41, 5.74) is 6.54. The van der Waals surface area contributed by atoms with Crippen LogP contribution in [-0.4, -0.2) is 26.1 Å². The monoisotopic (exact) mass is 219 g/mol. The zero-order chi connectivity index (χ0) is 11.8. The smallest absolute Gasteiger partial charge is 0.252 e. The Kier molecular flexibility index (Phi) is 2.63. The summed E-state index contributed by atoms with van der Waals surface area (Å²) in [6.45, 7) is 6.88. The fraction of sp³-hybridized carbons (Fsp3) is 0.545. The first-order chi connectivity index (χ1) is 7.50. The van der Waals surface area contributed by atoms with Crippen molar-refractivity contribution in [3.8, 4) is 0 Å². The van der Waals surface area contributed by atoms with Crippen molar-refractivity contribution in [1.82, 2.24) is 19.6 Å². The zero-order valence-electron chi connectivity index (χ0n) is 9.94. The van der Waals surface area contributed by atoms with E-state index in [4.69, 9.17) is 5.73 Å². The van der Waals surface area contributed by atoms with E-state index in [1.165, 1.54) is 0 Å². The summed E-state index contributed by atoms with van der Waals surface area (Å²) < 4.78 is 1.73.